The first-order chi connectivity index (χ1) is 6.86. The maximum Gasteiger partial charge on any atom is 0.329 e. The third-order valence-electron chi connectivity index (χ3n) is 4.51. The van der Waals surface area contributed by atoms with E-state index in [2.05, 4.69) is 20.8 Å². The fraction of sp³-hybridized carbons (Fsp3) is 0.917. The molecular weight excluding hydrogens is 192 g/mol. The Morgan fingerprint density at radius 3 is 2.60 bits per heavy atom. The highest BCUT2D eigenvalue weighted by Crippen LogP contribution is 2.63. The van der Waals surface area contributed by atoms with Crippen molar-refractivity contribution >= 4 is 5.97 Å². The van der Waals surface area contributed by atoms with Gasteiger partial charge in [0.2, 0.25) is 0 Å². The molecular formula is C12H20O3. The molecule has 1 N–H and O–H groups in total. The van der Waals surface area contributed by atoms with Crippen LogP contribution in [0.3, 0.4) is 0 Å². The van der Waals surface area contributed by atoms with Crippen molar-refractivity contribution in [3.05, 3.63) is 0 Å². The van der Waals surface area contributed by atoms with E-state index in [-0.39, 0.29) is 23.5 Å². The molecule has 0 heterocycles. The molecule has 0 saturated heterocycles. The second kappa shape index (κ2) is 3.21. The van der Waals surface area contributed by atoms with Crippen molar-refractivity contribution < 1.29 is 14.6 Å². The van der Waals surface area contributed by atoms with Crippen LogP contribution in [0.5, 0.6) is 0 Å². The maximum absolute atomic E-state index is 10.6. The molecule has 3 heteroatoms. The van der Waals surface area contributed by atoms with E-state index in [1.54, 1.807) is 0 Å². The maximum atomic E-state index is 10.6. The van der Waals surface area contributed by atoms with Crippen LogP contribution in [-0.4, -0.2) is 23.8 Å². The standard InChI is InChI=1S/C12H20O3/c1-11(2)8-4-5-12(3,6-8)10(11)15-7-9(13)14/h8,10H,4-7H2,1-3H3,(H,13,14)/t8?,10?,12-/m1/s1. The van der Waals surface area contributed by atoms with Crippen molar-refractivity contribution in [1.29, 1.82) is 0 Å². The minimum absolute atomic E-state index is 0.111. The normalized spacial score (nSPS) is 42.1. The number of carbonyl (C=O) groups is 1. The molecule has 3 nitrogen and oxygen atoms in total. The Balaban J connectivity index is 2.12. The van der Waals surface area contributed by atoms with E-state index in [0.717, 1.165) is 0 Å². The van der Waals surface area contributed by atoms with Crippen molar-refractivity contribution in [1.82, 2.24) is 0 Å². The summed E-state index contributed by atoms with van der Waals surface area (Å²) in [7, 11) is 0. The molecule has 0 aromatic carbocycles. The summed E-state index contributed by atoms with van der Waals surface area (Å²) in [4.78, 5) is 10.6. The van der Waals surface area contributed by atoms with Gasteiger partial charge in [0.1, 0.15) is 6.61 Å². The molecule has 0 spiro atoms. The molecule has 0 aromatic heterocycles. The molecule has 2 saturated carbocycles. The zero-order valence-corrected chi connectivity index (χ0v) is 9.75. The third kappa shape index (κ3) is 1.57. The van der Waals surface area contributed by atoms with E-state index >= 15 is 0 Å². The number of aliphatic carboxylic acids is 1. The van der Waals surface area contributed by atoms with Crippen molar-refractivity contribution in [3.8, 4) is 0 Å². The smallest absolute Gasteiger partial charge is 0.329 e. The zero-order valence-electron chi connectivity index (χ0n) is 9.75. The molecule has 2 bridgehead atoms. The van der Waals surface area contributed by atoms with E-state index in [4.69, 9.17) is 9.84 Å². The van der Waals surface area contributed by atoms with Gasteiger partial charge in [0.05, 0.1) is 6.10 Å². The molecule has 0 aliphatic heterocycles. The Labute approximate surface area is 90.8 Å². The summed E-state index contributed by atoms with van der Waals surface area (Å²) in [5.74, 6) is -0.154. The molecule has 0 aromatic rings. The molecule has 86 valence electrons. The van der Waals surface area contributed by atoms with E-state index in [1.165, 1.54) is 19.3 Å². The predicted molar refractivity (Wildman–Crippen MR) is 56.6 cm³/mol. The van der Waals surface area contributed by atoms with Gasteiger partial charge >= 0.3 is 5.97 Å². The van der Waals surface area contributed by atoms with Gasteiger partial charge in [0.15, 0.2) is 0 Å². The number of carboxylic acid groups (broad SMARTS) is 1. The Bertz CT molecular complexity index is 280. The summed E-state index contributed by atoms with van der Waals surface area (Å²) in [5.41, 5.74) is 0.353. The van der Waals surface area contributed by atoms with Gasteiger partial charge < -0.3 is 9.84 Å². The van der Waals surface area contributed by atoms with E-state index < -0.39 is 5.97 Å². The monoisotopic (exact) mass is 212 g/mol. The minimum Gasteiger partial charge on any atom is -0.480 e. The van der Waals surface area contributed by atoms with Gasteiger partial charge in [-0.1, -0.05) is 20.8 Å². The number of rotatable bonds is 3. The fourth-order valence-corrected chi connectivity index (χ4v) is 3.83. The summed E-state index contributed by atoms with van der Waals surface area (Å²) in [6.07, 6.45) is 3.77. The quantitative estimate of drug-likeness (QED) is 0.780. The summed E-state index contributed by atoms with van der Waals surface area (Å²) < 4.78 is 5.62. The second-order valence-electron chi connectivity index (χ2n) is 6.00. The predicted octanol–water partition coefficient (Wildman–Crippen LogP) is 2.30. The second-order valence-corrected chi connectivity index (χ2v) is 6.00. The largest absolute Gasteiger partial charge is 0.480 e. The lowest BCUT2D eigenvalue weighted by atomic mass is 9.70. The van der Waals surface area contributed by atoms with Crippen molar-refractivity contribution in [2.75, 3.05) is 6.61 Å². The fourth-order valence-electron chi connectivity index (χ4n) is 3.83. The SMILES string of the molecule is CC1(C)C2CC[C@](C)(C2)C1OCC(=O)O. The molecule has 15 heavy (non-hydrogen) atoms. The molecule has 0 radical (unpaired) electrons. The number of hydrogen-bond donors (Lipinski definition) is 1. The van der Waals surface area contributed by atoms with Crippen LogP contribution in [0.2, 0.25) is 0 Å². The molecule has 0 amide bonds. The highest BCUT2D eigenvalue weighted by atomic mass is 16.5. The summed E-state index contributed by atoms with van der Waals surface area (Å²) in [6.45, 7) is 6.52. The number of hydrogen-bond acceptors (Lipinski definition) is 2. The zero-order chi connectivity index (χ0) is 11.3. The first kappa shape index (κ1) is 10.9. The third-order valence-corrected chi connectivity index (χ3v) is 4.51. The highest BCUT2D eigenvalue weighted by molar-refractivity contribution is 5.68. The van der Waals surface area contributed by atoms with Gasteiger partial charge in [-0.3, -0.25) is 0 Å². The van der Waals surface area contributed by atoms with Gasteiger partial charge in [0.25, 0.3) is 0 Å². The number of carboxylic acids is 1. The first-order valence-corrected chi connectivity index (χ1v) is 5.70. The molecule has 3 atom stereocenters. The first-order valence-electron chi connectivity index (χ1n) is 5.70. The Kier molecular flexibility index (Phi) is 2.34. The average molecular weight is 212 g/mol. The van der Waals surface area contributed by atoms with Gasteiger partial charge in [-0.25, -0.2) is 4.79 Å². The number of ether oxygens (including phenoxy) is 1. The van der Waals surface area contributed by atoms with Crippen LogP contribution in [-0.2, 0) is 9.53 Å². The van der Waals surface area contributed by atoms with Gasteiger partial charge in [-0.05, 0) is 36.0 Å². The lowest BCUT2D eigenvalue weighted by Crippen LogP contribution is -2.43. The Morgan fingerprint density at radius 2 is 2.13 bits per heavy atom. The lowest BCUT2D eigenvalue weighted by molar-refractivity contribution is -0.153. The van der Waals surface area contributed by atoms with Crippen LogP contribution in [0.25, 0.3) is 0 Å². The van der Waals surface area contributed by atoms with Crippen LogP contribution in [0.4, 0.5) is 0 Å². The van der Waals surface area contributed by atoms with E-state index in [1.807, 2.05) is 0 Å². The summed E-state index contributed by atoms with van der Waals surface area (Å²) in [5, 5.41) is 8.67. The summed E-state index contributed by atoms with van der Waals surface area (Å²) >= 11 is 0. The van der Waals surface area contributed by atoms with E-state index in [9.17, 15) is 4.79 Å². The van der Waals surface area contributed by atoms with Crippen LogP contribution in [0, 0.1) is 16.7 Å². The average Bonchev–Trinajstić information content (AvgIpc) is 2.54. The Hall–Kier alpha value is -0.570. The molecule has 2 aliphatic carbocycles. The van der Waals surface area contributed by atoms with Gasteiger partial charge in [0, 0.05) is 0 Å². The van der Waals surface area contributed by atoms with Gasteiger partial charge in [-0.15, -0.1) is 0 Å². The molecule has 2 fully saturated rings. The molecule has 2 rings (SSSR count). The van der Waals surface area contributed by atoms with Gasteiger partial charge in [-0.2, -0.15) is 0 Å². The van der Waals surface area contributed by atoms with Crippen LogP contribution >= 0.6 is 0 Å². The van der Waals surface area contributed by atoms with Crippen LogP contribution in [0.1, 0.15) is 40.0 Å². The molecule has 2 unspecified atom stereocenters. The van der Waals surface area contributed by atoms with Crippen LogP contribution < -0.4 is 0 Å². The van der Waals surface area contributed by atoms with Crippen molar-refractivity contribution in [3.63, 3.8) is 0 Å². The lowest BCUT2D eigenvalue weighted by Gasteiger charge is -2.42. The topological polar surface area (TPSA) is 46.5 Å². The minimum atomic E-state index is -0.864. The summed E-state index contributed by atoms with van der Waals surface area (Å²) in [6, 6.07) is 0. The van der Waals surface area contributed by atoms with E-state index in [0.29, 0.717) is 5.92 Å². The Morgan fingerprint density at radius 1 is 1.47 bits per heavy atom. The molecule has 2 aliphatic rings. The number of fused-ring (bicyclic) bond motifs is 2. The van der Waals surface area contributed by atoms with Crippen molar-refractivity contribution in [2.24, 2.45) is 16.7 Å². The highest BCUT2D eigenvalue weighted by Gasteiger charge is 2.60. The van der Waals surface area contributed by atoms with Crippen LogP contribution in [0.15, 0.2) is 0 Å². The van der Waals surface area contributed by atoms with Crippen molar-refractivity contribution in [2.45, 2.75) is 46.1 Å².